The van der Waals surface area contributed by atoms with Crippen LogP contribution < -0.4 is 4.89 Å². The molecule has 17 heavy (non-hydrogen) atoms. The van der Waals surface area contributed by atoms with Crippen LogP contribution in [0.15, 0.2) is 23.1 Å². The van der Waals surface area contributed by atoms with E-state index in [-0.39, 0.29) is 4.90 Å². The lowest BCUT2D eigenvalue weighted by Crippen LogP contribution is -2.27. The van der Waals surface area contributed by atoms with Gasteiger partial charge in [-0.25, -0.2) is 13.2 Å². The molecule has 7 heteroatoms. The summed E-state index contributed by atoms with van der Waals surface area (Å²) < 4.78 is 23.5. The quantitative estimate of drug-likeness (QED) is 0.755. The van der Waals surface area contributed by atoms with Crippen LogP contribution in [-0.2, 0) is 19.7 Å². The molecule has 1 aromatic rings. The molecule has 6 nitrogen and oxygen atoms in total. The number of carboxylic acid groups (broad SMARTS) is 1. The minimum atomic E-state index is -3.84. The molecule has 0 saturated carbocycles. The highest BCUT2D eigenvalue weighted by molar-refractivity contribution is 7.89. The van der Waals surface area contributed by atoms with Crippen molar-refractivity contribution in [2.75, 3.05) is 6.61 Å². The van der Waals surface area contributed by atoms with Gasteiger partial charge in [0.05, 0.1) is 4.90 Å². The number of aliphatic carboxylic acids is 1. The molecule has 1 aromatic carbocycles. The highest BCUT2D eigenvalue weighted by atomic mass is 32.2. The largest absolute Gasteiger partial charge is 0.479 e. The minimum Gasteiger partial charge on any atom is -0.479 e. The molecule has 1 rings (SSSR count). The van der Waals surface area contributed by atoms with Crippen LogP contribution in [0.4, 0.5) is 0 Å². The van der Waals surface area contributed by atoms with Crippen LogP contribution in [0.25, 0.3) is 0 Å². The first-order chi connectivity index (χ1) is 7.83. The summed E-state index contributed by atoms with van der Waals surface area (Å²) in [4.78, 5) is 16.4. The number of hydrogen-bond acceptors (Lipinski definition) is 4. The molecule has 0 bridgehead atoms. The van der Waals surface area contributed by atoms with Gasteiger partial charge in [0, 0.05) is 0 Å². The third kappa shape index (κ3) is 3.81. The first kappa shape index (κ1) is 13.6. The molecule has 0 aliphatic heterocycles. The Kier molecular flexibility index (Phi) is 4.22. The zero-order valence-corrected chi connectivity index (χ0v) is 10.2. The molecule has 0 fully saturated rings. The number of rotatable bonds is 5. The summed E-state index contributed by atoms with van der Waals surface area (Å²) in [6, 6.07) is 4.94. The number of aryl methyl sites for hydroxylation is 2. The van der Waals surface area contributed by atoms with Crippen LogP contribution in [0.3, 0.4) is 0 Å². The Labute approximate surface area is 99.2 Å². The Morgan fingerprint density at radius 3 is 2.65 bits per heavy atom. The van der Waals surface area contributed by atoms with E-state index in [2.05, 4.69) is 4.84 Å². The predicted octanol–water partition coefficient (Wildman–Crippen LogP) is 0.598. The summed E-state index contributed by atoms with van der Waals surface area (Å²) in [5.74, 6) is -1.26. The minimum absolute atomic E-state index is 0.0721. The Morgan fingerprint density at radius 2 is 2.06 bits per heavy atom. The normalized spacial score (nSPS) is 11.4. The molecule has 0 unspecified atom stereocenters. The van der Waals surface area contributed by atoms with Gasteiger partial charge in [-0.1, -0.05) is 17.0 Å². The molecule has 0 spiro atoms. The number of benzene rings is 1. The van der Waals surface area contributed by atoms with Gasteiger partial charge in [-0.05, 0) is 31.0 Å². The van der Waals surface area contributed by atoms with E-state index >= 15 is 0 Å². The molecule has 0 radical (unpaired) electrons. The van der Waals surface area contributed by atoms with Gasteiger partial charge in [0.1, 0.15) is 0 Å². The fraction of sp³-hybridized carbons (Fsp3) is 0.300. The topological polar surface area (TPSA) is 92.7 Å². The monoisotopic (exact) mass is 259 g/mol. The van der Waals surface area contributed by atoms with Crippen molar-refractivity contribution in [2.45, 2.75) is 18.7 Å². The van der Waals surface area contributed by atoms with Crippen molar-refractivity contribution < 1.29 is 23.2 Å². The van der Waals surface area contributed by atoms with Crippen molar-refractivity contribution in [2.24, 2.45) is 0 Å². The smallest absolute Gasteiger partial charge is 0.331 e. The summed E-state index contributed by atoms with van der Waals surface area (Å²) >= 11 is 0. The van der Waals surface area contributed by atoms with E-state index in [4.69, 9.17) is 5.11 Å². The number of nitrogens with one attached hydrogen (secondary N) is 1. The molecule has 0 atom stereocenters. The average molecular weight is 259 g/mol. The molecule has 0 amide bonds. The highest BCUT2D eigenvalue weighted by Gasteiger charge is 2.17. The molecule has 0 saturated heterocycles. The average Bonchev–Trinajstić information content (AvgIpc) is 2.20. The third-order valence-corrected chi connectivity index (χ3v) is 3.35. The lowest BCUT2D eigenvalue weighted by atomic mass is 10.2. The van der Waals surface area contributed by atoms with Crippen LogP contribution in [0, 0.1) is 13.8 Å². The van der Waals surface area contributed by atoms with E-state index in [9.17, 15) is 13.2 Å². The SMILES string of the molecule is Cc1ccc(C)c(S(=O)(=O)NOCC(=O)O)c1. The van der Waals surface area contributed by atoms with E-state index in [0.717, 1.165) is 5.56 Å². The molecule has 2 N–H and O–H groups in total. The van der Waals surface area contributed by atoms with Crippen molar-refractivity contribution in [3.05, 3.63) is 29.3 Å². The summed E-state index contributed by atoms with van der Waals surface area (Å²) in [5.41, 5.74) is 1.34. The molecule has 0 aliphatic carbocycles. The molecule has 0 heterocycles. The van der Waals surface area contributed by atoms with Crippen LogP contribution in [-0.4, -0.2) is 26.1 Å². The number of sulfonamides is 1. The van der Waals surface area contributed by atoms with Crippen molar-refractivity contribution >= 4 is 16.0 Å². The molecule has 94 valence electrons. The van der Waals surface area contributed by atoms with Crippen molar-refractivity contribution in [3.63, 3.8) is 0 Å². The molecule has 0 aliphatic rings. The van der Waals surface area contributed by atoms with Gasteiger partial charge in [-0.15, -0.1) is 0 Å². The van der Waals surface area contributed by atoms with E-state index in [1.165, 1.54) is 6.07 Å². The van der Waals surface area contributed by atoms with E-state index in [1.807, 2.05) is 0 Å². The lowest BCUT2D eigenvalue weighted by molar-refractivity contribution is -0.143. The van der Waals surface area contributed by atoms with E-state index in [1.54, 1.807) is 30.9 Å². The maximum atomic E-state index is 11.8. The van der Waals surface area contributed by atoms with Gasteiger partial charge in [-0.2, -0.15) is 0 Å². The van der Waals surface area contributed by atoms with Crippen LogP contribution in [0.5, 0.6) is 0 Å². The maximum Gasteiger partial charge on any atom is 0.331 e. The fourth-order valence-corrected chi connectivity index (χ4v) is 2.35. The summed E-state index contributed by atoms with van der Waals surface area (Å²) in [6.45, 7) is 2.67. The Bertz CT molecular complexity index is 523. The Balaban J connectivity index is 2.89. The van der Waals surface area contributed by atoms with Crippen LogP contribution in [0.1, 0.15) is 11.1 Å². The van der Waals surface area contributed by atoms with Crippen molar-refractivity contribution in [3.8, 4) is 0 Å². The third-order valence-electron chi connectivity index (χ3n) is 2.00. The zero-order chi connectivity index (χ0) is 13.1. The lowest BCUT2D eigenvalue weighted by Gasteiger charge is -2.09. The maximum absolute atomic E-state index is 11.8. The highest BCUT2D eigenvalue weighted by Crippen LogP contribution is 2.16. The Morgan fingerprint density at radius 1 is 1.41 bits per heavy atom. The van der Waals surface area contributed by atoms with E-state index < -0.39 is 22.6 Å². The molecule has 0 aromatic heterocycles. The number of hydrogen-bond donors (Lipinski definition) is 2. The van der Waals surface area contributed by atoms with Crippen LogP contribution >= 0.6 is 0 Å². The first-order valence-corrected chi connectivity index (χ1v) is 6.24. The second kappa shape index (κ2) is 5.26. The van der Waals surface area contributed by atoms with Crippen molar-refractivity contribution in [1.29, 1.82) is 0 Å². The van der Waals surface area contributed by atoms with Crippen molar-refractivity contribution in [1.82, 2.24) is 4.89 Å². The van der Waals surface area contributed by atoms with Gasteiger partial charge in [-0.3, -0.25) is 4.84 Å². The predicted molar refractivity (Wildman–Crippen MR) is 59.8 cm³/mol. The molecular weight excluding hydrogens is 246 g/mol. The van der Waals surface area contributed by atoms with Gasteiger partial charge in [0.15, 0.2) is 6.61 Å². The fourth-order valence-electron chi connectivity index (χ4n) is 1.21. The summed E-state index contributed by atoms with van der Waals surface area (Å²) in [5, 5.41) is 8.32. The summed E-state index contributed by atoms with van der Waals surface area (Å²) in [6.07, 6.45) is 0. The second-order valence-corrected chi connectivity index (χ2v) is 5.15. The van der Waals surface area contributed by atoms with Gasteiger partial charge in [0.2, 0.25) is 0 Å². The van der Waals surface area contributed by atoms with Gasteiger partial charge >= 0.3 is 5.97 Å². The molecular formula is C10H13NO5S. The standard InChI is InChI=1S/C10H13NO5S/c1-7-3-4-8(2)9(5-7)17(14,15)11-16-6-10(12)13/h3-5,11H,6H2,1-2H3,(H,12,13). The van der Waals surface area contributed by atoms with Gasteiger partial charge < -0.3 is 5.11 Å². The zero-order valence-electron chi connectivity index (χ0n) is 9.43. The first-order valence-electron chi connectivity index (χ1n) is 4.75. The van der Waals surface area contributed by atoms with Gasteiger partial charge in [0.25, 0.3) is 10.0 Å². The Hall–Kier alpha value is -1.44. The second-order valence-electron chi connectivity index (χ2n) is 3.54. The van der Waals surface area contributed by atoms with E-state index in [0.29, 0.717) is 5.56 Å². The summed E-state index contributed by atoms with van der Waals surface area (Å²) in [7, 11) is -3.84. The number of carbonyl (C=O) groups is 1. The van der Waals surface area contributed by atoms with Crippen LogP contribution in [0.2, 0.25) is 0 Å². The number of carboxylic acids is 1.